The van der Waals surface area contributed by atoms with E-state index in [9.17, 15) is 9.18 Å². The maximum absolute atomic E-state index is 14.7. The molecule has 2 aliphatic rings. The van der Waals surface area contributed by atoms with E-state index in [1.165, 1.54) is 23.9 Å². The standard InChI is InChI=1S/C21H19Cl2FN4OS/c1-12-10-25-4-6-28(12)21-15-9-16(23)18(14-8-13(22)2-3-17(14)24)20(19(15)27-11-29)30-7-5-26-21/h2-3,8-11,25H,4-7H2,1H3,(H,27,29). The fraction of sp³-hybridized carbons (Fsp3) is 0.238. The average molecular weight is 465 g/mol. The molecule has 0 saturated heterocycles. The molecule has 2 aromatic rings. The molecule has 0 aromatic heterocycles. The van der Waals surface area contributed by atoms with Crippen LogP contribution in [0.4, 0.5) is 10.1 Å². The highest BCUT2D eigenvalue weighted by Gasteiger charge is 2.28. The summed E-state index contributed by atoms with van der Waals surface area (Å²) in [7, 11) is 0. The van der Waals surface area contributed by atoms with Crippen LogP contribution in [0.2, 0.25) is 10.0 Å². The Bertz CT molecular complexity index is 1070. The largest absolute Gasteiger partial charge is 0.388 e. The zero-order chi connectivity index (χ0) is 21.3. The van der Waals surface area contributed by atoms with Crippen molar-refractivity contribution in [3.8, 4) is 11.1 Å². The van der Waals surface area contributed by atoms with Crippen LogP contribution in [0.1, 0.15) is 12.5 Å². The van der Waals surface area contributed by atoms with Crippen molar-refractivity contribution in [2.45, 2.75) is 11.8 Å². The second-order valence-electron chi connectivity index (χ2n) is 6.82. The predicted molar refractivity (Wildman–Crippen MR) is 122 cm³/mol. The van der Waals surface area contributed by atoms with Gasteiger partial charge in [-0.15, -0.1) is 11.8 Å². The van der Waals surface area contributed by atoms with Gasteiger partial charge in [0, 0.05) is 57.3 Å². The molecular formula is C21H19Cl2FN4OS. The van der Waals surface area contributed by atoms with Crippen LogP contribution in [0.25, 0.3) is 11.1 Å². The topological polar surface area (TPSA) is 56.7 Å². The molecule has 4 rings (SSSR count). The number of amidine groups is 1. The highest BCUT2D eigenvalue weighted by Crippen LogP contribution is 2.46. The van der Waals surface area contributed by atoms with Crippen molar-refractivity contribution in [2.24, 2.45) is 4.99 Å². The molecule has 0 unspecified atom stereocenters. The third-order valence-electron chi connectivity index (χ3n) is 4.95. The molecule has 0 radical (unpaired) electrons. The number of benzene rings is 2. The molecule has 0 atom stereocenters. The Morgan fingerprint density at radius 1 is 1.30 bits per heavy atom. The summed E-state index contributed by atoms with van der Waals surface area (Å²) >= 11 is 14.3. The highest BCUT2D eigenvalue weighted by atomic mass is 35.5. The summed E-state index contributed by atoms with van der Waals surface area (Å²) < 4.78 is 14.7. The third kappa shape index (κ3) is 3.89. The molecule has 156 valence electrons. The highest BCUT2D eigenvalue weighted by molar-refractivity contribution is 7.99. The normalized spacial score (nSPS) is 16.1. The number of nitrogens with one attached hydrogen (secondary N) is 2. The number of rotatable bonds is 3. The molecule has 9 heteroatoms. The van der Waals surface area contributed by atoms with Gasteiger partial charge in [0.05, 0.1) is 17.3 Å². The Balaban J connectivity index is 1.97. The minimum Gasteiger partial charge on any atom is -0.388 e. The van der Waals surface area contributed by atoms with Crippen molar-refractivity contribution in [2.75, 3.05) is 30.7 Å². The molecule has 30 heavy (non-hydrogen) atoms. The molecule has 0 spiro atoms. The molecule has 0 aliphatic carbocycles. The fourth-order valence-corrected chi connectivity index (χ4v) is 5.23. The lowest BCUT2D eigenvalue weighted by Crippen LogP contribution is -2.40. The second kappa shape index (κ2) is 8.88. The van der Waals surface area contributed by atoms with Gasteiger partial charge in [0.25, 0.3) is 0 Å². The van der Waals surface area contributed by atoms with Gasteiger partial charge in [-0.1, -0.05) is 23.2 Å². The Morgan fingerprint density at radius 3 is 2.90 bits per heavy atom. The molecule has 5 nitrogen and oxygen atoms in total. The zero-order valence-corrected chi connectivity index (χ0v) is 18.5. The SMILES string of the molecule is CC1=CNCCN1C1=NCCSc2c(NC=O)c1cc(Cl)c2-c1cc(Cl)ccc1F. The Morgan fingerprint density at radius 2 is 2.13 bits per heavy atom. The van der Waals surface area contributed by atoms with Crippen LogP contribution in [-0.2, 0) is 4.79 Å². The van der Waals surface area contributed by atoms with Crippen LogP contribution in [-0.4, -0.2) is 42.5 Å². The number of aliphatic imine (C=N–C) groups is 1. The van der Waals surface area contributed by atoms with Gasteiger partial charge in [0.2, 0.25) is 6.41 Å². The lowest BCUT2D eigenvalue weighted by Gasteiger charge is -2.33. The summed E-state index contributed by atoms with van der Waals surface area (Å²) in [5.74, 6) is 0.955. The third-order valence-corrected chi connectivity index (χ3v) is 6.56. The minimum atomic E-state index is -0.431. The number of amides is 1. The number of halogens is 3. The Hall–Kier alpha value is -2.22. The monoisotopic (exact) mass is 464 g/mol. The number of anilines is 1. The summed E-state index contributed by atoms with van der Waals surface area (Å²) in [5.41, 5.74) is 3.10. The van der Waals surface area contributed by atoms with Crippen LogP contribution in [0.3, 0.4) is 0 Å². The van der Waals surface area contributed by atoms with Gasteiger partial charge >= 0.3 is 0 Å². The first-order valence-corrected chi connectivity index (χ1v) is 11.1. The maximum atomic E-state index is 14.7. The van der Waals surface area contributed by atoms with Crippen molar-refractivity contribution in [1.29, 1.82) is 0 Å². The quantitative estimate of drug-likeness (QED) is 0.628. The Labute approximate surface area is 188 Å². The van der Waals surface area contributed by atoms with Gasteiger partial charge in [0.15, 0.2) is 0 Å². The second-order valence-corrected chi connectivity index (χ2v) is 8.77. The van der Waals surface area contributed by atoms with Crippen LogP contribution < -0.4 is 10.6 Å². The lowest BCUT2D eigenvalue weighted by atomic mass is 9.99. The number of hydrogen-bond donors (Lipinski definition) is 2. The number of nitrogens with zero attached hydrogens (tertiary/aromatic N) is 2. The van der Waals surface area contributed by atoms with Crippen molar-refractivity contribution in [3.05, 3.63) is 57.6 Å². The molecule has 1 amide bonds. The van der Waals surface area contributed by atoms with E-state index >= 15 is 0 Å². The van der Waals surface area contributed by atoms with Gasteiger partial charge in [-0.05, 0) is 31.2 Å². The van der Waals surface area contributed by atoms with E-state index in [1.54, 1.807) is 12.1 Å². The van der Waals surface area contributed by atoms with Crippen LogP contribution in [0.15, 0.2) is 46.1 Å². The van der Waals surface area contributed by atoms with Crippen molar-refractivity contribution in [1.82, 2.24) is 10.2 Å². The molecule has 2 aromatic carbocycles. The number of carbonyl (C=O) groups is 1. The Kier molecular flexibility index (Phi) is 6.22. The maximum Gasteiger partial charge on any atom is 0.211 e. The molecule has 2 bridgehead atoms. The van der Waals surface area contributed by atoms with E-state index in [-0.39, 0.29) is 0 Å². The molecule has 2 N–H and O–H groups in total. The van der Waals surface area contributed by atoms with Gasteiger partial charge in [0.1, 0.15) is 11.7 Å². The first kappa shape index (κ1) is 21.0. The van der Waals surface area contributed by atoms with Crippen LogP contribution in [0, 0.1) is 5.82 Å². The molecule has 0 saturated carbocycles. The van der Waals surface area contributed by atoms with E-state index in [0.717, 1.165) is 24.6 Å². The van der Waals surface area contributed by atoms with Crippen molar-refractivity contribution in [3.63, 3.8) is 0 Å². The van der Waals surface area contributed by atoms with Crippen LogP contribution in [0.5, 0.6) is 0 Å². The van der Waals surface area contributed by atoms with Gasteiger partial charge in [-0.25, -0.2) is 4.39 Å². The first-order chi connectivity index (χ1) is 14.5. The lowest BCUT2D eigenvalue weighted by molar-refractivity contribution is -0.105. The number of thioether (sulfide) groups is 1. The van der Waals surface area contributed by atoms with Gasteiger partial charge in [-0.2, -0.15) is 0 Å². The number of hydrogen-bond acceptors (Lipinski definition) is 5. The number of carbonyl (C=O) groups excluding carboxylic acids is 1. The van der Waals surface area contributed by atoms with E-state index < -0.39 is 5.82 Å². The van der Waals surface area contributed by atoms with E-state index in [0.29, 0.717) is 56.0 Å². The summed E-state index contributed by atoms with van der Waals surface area (Å²) in [6.07, 6.45) is 2.55. The molecular weight excluding hydrogens is 446 g/mol. The molecule has 0 fully saturated rings. The minimum absolute atomic E-state index is 0.299. The first-order valence-electron chi connectivity index (χ1n) is 9.38. The average Bonchev–Trinajstić information content (AvgIpc) is 2.72. The summed E-state index contributed by atoms with van der Waals surface area (Å²) in [6.45, 7) is 4.07. The predicted octanol–water partition coefficient (Wildman–Crippen LogP) is 4.99. The van der Waals surface area contributed by atoms with E-state index in [1.807, 2.05) is 13.1 Å². The number of allylic oxidation sites excluding steroid dienone is 1. The fourth-order valence-electron chi connectivity index (χ4n) is 3.63. The zero-order valence-electron chi connectivity index (χ0n) is 16.1. The van der Waals surface area contributed by atoms with Gasteiger partial charge in [-0.3, -0.25) is 9.79 Å². The van der Waals surface area contributed by atoms with Crippen molar-refractivity contribution < 1.29 is 9.18 Å². The van der Waals surface area contributed by atoms with Crippen LogP contribution >= 0.6 is 35.0 Å². The summed E-state index contributed by atoms with van der Waals surface area (Å²) in [6, 6.07) is 6.10. The summed E-state index contributed by atoms with van der Waals surface area (Å²) in [4.78, 5) is 19.1. The van der Waals surface area contributed by atoms with E-state index in [2.05, 4.69) is 15.5 Å². The smallest absolute Gasteiger partial charge is 0.211 e. The molecule has 2 aliphatic heterocycles. The van der Waals surface area contributed by atoms with Crippen molar-refractivity contribution >= 4 is 52.9 Å². The molecule has 2 heterocycles. The summed E-state index contributed by atoms with van der Waals surface area (Å²) in [5, 5.41) is 6.81. The number of fused-ring (bicyclic) bond motifs is 2. The van der Waals surface area contributed by atoms with E-state index in [4.69, 9.17) is 28.2 Å². The van der Waals surface area contributed by atoms with Gasteiger partial charge < -0.3 is 15.5 Å².